The molecule has 0 aliphatic heterocycles. The van der Waals surface area contributed by atoms with Crippen molar-refractivity contribution in [3.63, 3.8) is 0 Å². The molecule has 0 amide bonds. The standard InChI is InChI=1S/C16H24N4O/c1-12(2)20-16(18-11-19-20)9-17-14(4)10-21-15-7-5-13(3)6-8-15/h5-8,11-12,14,17H,9-10H2,1-4H3. The summed E-state index contributed by atoms with van der Waals surface area (Å²) in [6, 6.07) is 8.67. The summed E-state index contributed by atoms with van der Waals surface area (Å²) in [7, 11) is 0. The van der Waals surface area contributed by atoms with Gasteiger partial charge in [0.05, 0.1) is 6.54 Å². The highest BCUT2D eigenvalue weighted by Crippen LogP contribution is 2.11. The van der Waals surface area contributed by atoms with Gasteiger partial charge in [0, 0.05) is 12.1 Å². The van der Waals surface area contributed by atoms with E-state index in [1.807, 2.05) is 16.8 Å². The average molecular weight is 288 g/mol. The van der Waals surface area contributed by atoms with Crippen molar-refractivity contribution in [2.45, 2.75) is 46.3 Å². The Hall–Kier alpha value is -1.88. The third kappa shape index (κ3) is 4.56. The van der Waals surface area contributed by atoms with Crippen LogP contribution in [0.15, 0.2) is 30.6 Å². The van der Waals surface area contributed by atoms with Gasteiger partial charge in [0.1, 0.15) is 24.5 Å². The van der Waals surface area contributed by atoms with E-state index in [2.05, 4.69) is 55.2 Å². The Bertz CT molecular complexity index is 548. The first-order chi connectivity index (χ1) is 10.1. The van der Waals surface area contributed by atoms with Crippen molar-refractivity contribution in [2.75, 3.05) is 6.61 Å². The summed E-state index contributed by atoms with van der Waals surface area (Å²) in [4.78, 5) is 4.29. The summed E-state index contributed by atoms with van der Waals surface area (Å²) < 4.78 is 7.70. The number of nitrogens with one attached hydrogen (secondary N) is 1. The zero-order chi connectivity index (χ0) is 15.2. The Morgan fingerprint density at radius 3 is 2.57 bits per heavy atom. The quantitative estimate of drug-likeness (QED) is 0.851. The van der Waals surface area contributed by atoms with Gasteiger partial charge in [-0.3, -0.25) is 0 Å². The Kier molecular flexibility index (Phi) is 5.33. The number of ether oxygens (including phenoxy) is 1. The van der Waals surface area contributed by atoms with Crippen LogP contribution in [0.2, 0.25) is 0 Å². The lowest BCUT2D eigenvalue weighted by molar-refractivity contribution is 0.270. The van der Waals surface area contributed by atoms with Crippen LogP contribution in [0.25, 0.3) is 0 Å². The smallest absolute Gasteiger partial charge is 0.141 e. The fourth-order valence-electron chi connectivity index (χ4n) is 2.01. The minimum atomic E-state index is 0.239. The Labute approximate surface area is 126 Å². The number of hydrogen-bond acceptors (Lipinski definition) is 4. The molecule has 0 radical (unpaired) electrons. The maximum Gasteiger partial charge on any atom is 0.141 e. The predicted molar refractivity (Wildman–Crippen MR) is 83.4 cm³/mol. The SMILES string of the molecule is Cc1ccc(OCC(C)NCc2ncnn2C(C)C)cc1. The fraction of sp³-hybridized carbons (Fsp3) is 0.500. The van der Waals surface area contributed by atoms with Gasteiger partial charge >= 0.3 is 0 Å². The highest BCUT2D eigenvalue weighted by molar-refractivity contribution is 5.26. The maximum absolute atomic E-state index is 5.77. The van der Waals surface area contributed by atoms with Crippen LogP contribution < -0.4 is 10.1 Å². The summed E-state index contributed by atoms with van der Waals surface area (Å²) in [5.74, 6) is 1.85. The summed E-state index contributed by atoms with van der Waals surface area (Å²) in [5.41, 5.74) is 1.24. The van der Waals surface area contributed by atoms with E-state index in [1.165, 1.54) is 5.56 Å². The third-order valence-corrected chi connectivity index (χ3v) is 3.27. The van der Waals surface area contributed by atoms with Gasteiger partial charge in [-0.2, -0.15) is 5.10 Å². The molecule has 1 unspecified atom stereocenters. The zero-order valence-corrected chi connectivity index (χ0v) is 13.2. The monoisotopic (exact) mass is 288 g/mol. The van der Waals surface area contributed by atoms with E-state index in [-0.39, 0.29) is 6.04 Å². The van der Waals surface area contributed by atoms with Crippen LogP contribution in [0.4, 0.5) is 0 Å². The van der Waals surface area contributed by atoms with Crippen LogP contribution in [0.5, 0.6) is 5.75 Å². The molecule has 1 aromatic carbocycles. The molecule has 1 aromatic heterocycles. The third-order valence-electron chi connectivity index (χ3n) is 3.27. The second-order valence-electron chi connectivity index (χ2n) is 5.62. The number of aromatic nitrogens is 3. The Balaban J connectivity index is 1.78. The Morgan fingerprint density at radius 2 is 1.90 bits per heavy atom. The molecule has 1 N–H and O–H groups in total. The first-order valence-electron chi connectivity index (χ1n) is 7.37. The van der Waals surface area contributed by atoms with Gasteiger partial charge in [-0.05, 0) is 39.8 Å². The van der Waals surface area contributed by atoms with Gasteiger partial charge in [-0.25, -0.2) is 9.67 Å². The van der Waals surface area contributed by atoms with Crippen molar-refractivity contribution >= 4 is 0 Å². The maximum atomic E-state index is 5.77. The molecule has 0 saturated carbocycles. The van der Waals surface area contributed by atoms with E-state index < -0.39 is 0 Å². The van der Waals surface area contributed by atoms with Crippen molar-refractivity contribution in [1.82, 2.24) is 20.1 Å². The summed E-state index contributed by atoms with van der Waals surface area (Å²) in [6.07, 6.45) is 1.60. The highest BCUT2D eigenvalue weighted by atomic mass is 16.5. The molecule has 2 rings (SSSR count). The molecule has 0 saturated heterocycles. The molecule has 0 spiro atoms. The average Bonchev–Trinajstić information content (AvgIpc) is 2.93. The number of benzene rings is 1. The fourth-order valence-corrected chi connectivity index (χ4v) is 2.01. The number of aryl methyl sites for hydroxylation is 1. The number of hydrogen-bond donors (Lipinski definition) is 1. The molecular weight excluding hydrogens is 264 g/mol. The van der Waals surface area contributed by atoms with E-state index in [4.69, 9.17) is 4.74 Å². The highest BCUT2D eigenvalue weighted by Gasteiger charge is 2.09. The van der Waals surface area contributed by atoms with Gasteiger partial charge in [0.25, 0.3) is 0 Å². The largest absolute Gasteiger partial charge is 0.492 e. The van der Waals surface area contributed by atoms with Crippen LogP contribution in [-0.4, -0.2) is 27.4 Å². The molecule has 1 heterocycles. The van der Waals surface area contributed by atoms with Gasteiger partial charge in [0.15, 0.2) is 0 Å². The molecular formula is C16H24N4O. The van der Waals surface area contributed by atoms with Gasteiger partial charge in [-0.1, -0.05) is 17.7 Å². The minimum absolute atomic E-state index is 0.239. The predicted octanol–water partition coefficient (Wildman–Crippen LogP) is 2.72. The van der Waals surface area contributed by atoms with Crippen LogP contribution in [0.3, 0.4) is 0 Å². The summed E-state index contributed by atoms with van der Waals surface area (Å²) >= 11 is 0. The second kappa shape index (κ2) is 7.22. The van der Waals surface area contributed by atoms with Crippen LogP contribution >= 0.6 is 0 Å². The van der Waals surface area contributed by atoms with Crippen molar-refractivity contribution in [1.29, 1.82) is 0 Å². The van der Waals surface area contributed by atoms with Crippen LogP contribution in [0.1, 0.15) is 38.2 Å². The minimum Gasteiger partial charge on any atom is -0.492 e. The number of rotatable bonds is 7. The molecule has 5 heteroatoms. The van der Waals surface area contributed by atoms with Gasteiger partial charge < -0.3 is 10.1 Å². The van der Waals surface area contributed by atoms with Crippen molar-refractivity contribution in [3.05, 3.63) is 42.0 Å². The summed E-state index contributed by atoms with van der Waals surface area (Å²) in [6.45, 7) is 9.68. The molecule has 0 fully saturated rings. The van der Waals surface area contributed by atoms with Gasteiger partial charge in [0.2, 0.25) is 0 Å². The molecule has 0 aliphatic carbocycles. The normalized spacial score (nSPS) is 12.6. The van der Waals surface area contributed by atoms with Crippen LogP contribution in [-0.2, 0) is 6.54 Å². The topological polar surface area (TPSA) is 52.0 Å². The molecule has 5 nitrogen and oxygen atoms in total. The lowest BCUT2D eigenvalue weighted by atomic mass is 10.2. The lowest BCUT2D eigenvalue weighted by Crippen LogP contribution is -2.32. The van der Waals surface area contributed by atoms with E-state index in [0.29, 0.717) is 19.2 Å². The Morgan fingerprint density at radius 1 is 1.19 bits per heavy atom. The van der Waals surface area contributed by atoms with Crippen molar-refractivity contribution in [3.8, 4) is 5.75 Å². The first kappa shape index (κ1) is 15.5. The summed E-state index contributed by atoms with van der Waals surface area (Å²) in [5, 5.41) is 7.64. The molecule has 2 aromatic rings. The molecule has 21 heavy (non-hydrogen) atoms. The zero-order valence-electron chi connectivity index (χ0n) is 13.2. The van der Waals surface area contributed by atoms with E-state index in [0.717, 1.165) is 11.6 Å². The van der Waals surface area contributed by atoms with Crippen molar-refractivity contribution < 1.29 is 4.74 Å². The van der Waals surface area contributed by atoms with Gasteiger partial charge in [-0.15, -0.1) is 0 Å². The molecule has 114 valence electrons. The van der Waals surface area contributed by atoms with E-state index in [9.17, 15) is 0 Å². The second-order valence-corrected chi connectivity index (χ2v) is 5.62. The molecule has 1 atom stereocenters. The lowest BCUT2D eigenvalue weighted by Gasteiger charge is -2.16. The van der Waals surface area contributed by atoms with Crippen LogP contribution in [0, 0.1) is 6.92 Å². The molecule has 0 aliphatic rings. The van der Waals surface area contributed by atoms with E-state index in [1.54, 1.807) is 6.33 Å². The number of nitrogens with zero attached hydrogens (tertiary/aromatic N) is 3. The van der Waals surface area contributed by atoms with E-state index >= 15 is 0 Å². The van der Waals surface area contributed by atoms with Crippen molar-refractivity contribution in [2.24, 2.45) is 0 Å². The molecule has 0 bridgehead atoms. The first-order valence-corrected chi connectivity index (χ1v) is 7.37.